The minimum atomic E-state index is 0.168. The number of amides is 1. The highest BCUT2D eigenvalue weighted by Gasteiger charge is 2.26. The normalized spacial score (nSPS) is 19.9. The lowest BCUT2D eigenvalue weighted by atomic mass is 9.95. The van der Waals surface area contributed by atoms with Gasteiger partial charge in [0.25, 0.3) is 0 Å². The number of hydroxylamine groups is 2. The molecule has 0 radical (unpaired) electrons. The van der Waals surface area contributed by atoms with Crippen molar-refractivity contribution in [2.45, 2.75) is 70.3 Å². The summed E-state index contributed by atoms with van der Waals surface area (Å²) in [6.07, 6.45) is 10.6. The summed E-state index contributed by atoms with van der Waals surface area (Å²) in [7, 11) is 0. The third-order valence-corrected chi connectivity index (χ3v) is 5.24. The summed E-state index contributed by atoms with van der Waals surface area (Å²) >= 11 is 0. The van der Waals surface area contributed by atoms with Crippen molar-refractivity contribution in [2.75, 3.05) is 46.0 Å². The van der Waals surface area contributed by atoms with Crippen molar-refractivity contribution in [1.82, 2.24) is 9.96 Å². The van der Waals surface area contributed by atoms with Crippen LogP contribution >= 0.6 is 0 Å². The highest BCUT2D eigenvalue weighted by molar-refractivity contribution is 5.75. The maximum Gasteiger partial charge on any atom is 0.246 e. The molecule has 146 valence electrons. The van der Waals surface area contributed by atoms with E-state index in [1.54, 1.807) is 5.06 Å². The van der Waals surface area contributed by atoms with Crippen molar-refractivity contribution >= 4 is 5.91 Å². The Morgan fingerprint density at radius 2 is 1.80 bits per heavy atom. The standard InChI is InChI=1S/C19H37N3O3/c20-11-7-2-1-6-10-19(23)22(18-8-4-3-5-9-18)25-17-14-21-12-15-24-16-13-21/h18H,1-17,20H2. The molecule has 0 unspecified atom stereocenters. The molecule has 25 heavy (non-hydrogen) atoms. The maximum absolute atomic E-state index is 12.7. The molecule has 2 rings (SSSR count). The van der Waals surface area contributed by atoms with Gasteiger partial charge in [0.1, 0.15) is 0 Å². The molecule has 6 nitrogen and oxygen atoms in total. The monoisotopic (exact) mass is 355 g/mol. The van der Waals surface area contributed by atoms with E-state index in [2.05, 4.69) is 4.90 Å². The number of hydrogen-bond donors (Lipinski definition) is 1. The number of carbonyl (C=O) groups excluding carboxylic acids is 1. The molecule has 0 atom stereocenters. The van der Waals surface area contributed by atoms with Crippen LogP contribution in [-0.4, -0.2) is 67.9 Å². The molecule has 6 heteroatoms. The van der Waals surface area contributed by atoms with Gasteiger partial charge in [-0.3, -0.25) is 14.5 Å². The predicted molar refractivity (Wildman–Crippen MR) is 99.1 cm³/mol. The molecular weight excluding hydrogens is 318 g/mol. The van der Waals surface area contributed by atoms with Gasteiger partial charge in [0.2, 0.25) is 5.91 Å². The average molecular weight is 356 g/mol. The molecule has 1 heterocycles. The number of carbonyl (C=O) groups is 1. The Morgan fingerprint density at radius 3 is 2.52 bits per heavy atom. The van der Waals surface area contributed by atoms with Gasteiger partial charge in [-0.05, 0) is 32.2 Å². The number of morpholine rings is 1. The van der Waals surface area contributed by atoms with Crippen LogP contribution in [-0.2, 0) is 14.4 Å². The zero-order valence-corrected chi connectivity index (χ0v) is 15.8. The van der Waals surface area contributed by atoms with Crippen molar-refractivity contribution in [2.24, 2.45) is 5.73 Å². The van der Waals surface area contributed by atoms with E-state index in [-0.39, 0.29) is 11.9 Å². The fourth-order valence-electron chi connectivity index (χ4n) is 3.67. The molecule has 2 fully saturated rings. The summed E-state index contributed by atoms with van der Waals surface area (Å²) in [5.41, 5.74) is 5.53. The van der Waals surface area contributed by atoms with Crippen molar-refractivity contribution in [1.29, 1.82) is 0 Å². The van der Waals surface area contributed by atoms with E-state index in [1.807, 2.05) is 0 Å². The Balaban J connectivity index is 1.74. The molecule has 1 aliphatic carbocycles. The molecule has 0 spiro atoms. The Kier molecular flexibility index (Phi) is 10.4. The minimum absolute atomic E-state index is 0.168. The first-order valence-corrected chi connectivity index (χ1v) is 10.3. The van der Waals surface area contributed by atoms with Gasteiger partial charge in [-0.2, -0.15) is 0 Å². The summed E-state index contributed by atoms with van der Waals surface area (Å²) in [6.45, 7) is 5.73. The molecule has 0 bridgehead atoms. The van der Waals surface area contributed by atoms with E-state index in [9.17, 15) is 4.79 Å². The van der Waals surface area contributed by atoms with E-state index in [4.69, 9.17) is 15.3 Å². The molecule has 1 amide bonds. The van der Waals surface area contributed by atoms with Crippen LogP contribution in [0.1, 0.15) is 64.2 Å². The van der Waals surface area contributed by atoms with E-state index in [1.165, 1.54) is 19.3 Å². The topological polar surface area (TPSA) is 68.0 Å². The van der Waals surface area contributed by atoms with E-state index in [0.29, 0.717) is 13.0 Å². The smallest absolute Gasteiger partial charge is 0.246 e. The zero-order chi connectivity index (χ0) is 17.7. The predicted octanol–water partition coefficient (Wildman–Crippen LogP) is 2.32. The number of unbranched alkanes of at least 4 members (excludes halogenated alkanes) is 3. The van der Waals surface area contributed by atoms with Gasteiger partial charge in [0, 0.05) is 26.1 Å². The van der Waals surface area contributed by atoms with Gasteiger partial charge in [-0.1, -0.05) is 32.1 Å². The molecule has 0 aromatic heterocycles. The number of hydrogen-bond acceptors (Lipinski definition) is 5. The second-order valence-electron chi connectivity index (χ2n) is 7.25. The number of nitrogens with two attached hydrogens (primary N) is 1. The van der Waals surface area contributed by atoms with Crippen LogP contribution < -0.4 is 5.73 Å². The summed E-state index contributed by atoms with van der Waals surface area (Å²) in [6, 6.07) is 0.273. The quantitative estimate of drug-likeness (QED) is 0.455. The summed E-state index contributed by atoms with van der Waals surface area (Å²) in [5.74, 6) is 0.168. The molecule has 0 aromatic rings. The highest BCUT2D eigenvalue weighted by atomic mass is 16.7. The van der Waals surface area contributed by atoms with Gasteiger partial charge in [-0.15, -0.1) is 0 Å². The Hall–Kier alpha value is -0.690. The van der Waals surface area contributed by atoms with E-state index < -0.39 is 0 Å². The number of rotatable bonds is 11. The minimum Gasteiger partial charge on any atom is -0.379 e. The van der Waals surface area contributed by atoms with Crippen LogP contribution in [0.4, 0.5) is 0 Å². The van der Waals surface area contributed by atoms with Gasteiger partial charge in [0.15, 0.2) is 0 Å². The van der Waals surface area contributed by atoms with E-state index >= 15 is 0 Å². The Morgan fingerprint density at radius 1 is 1.08 bits per heavy atom. The summed E-state index contributed by atoms with van der Waals surface area (Å²) < 4.78 is 5.38. The molecule has 2 N–H and O–H groups in total. The van der Waals surface area contributed by atoms with Crippen LogP contribution in [0.2, 0.25) is 0 Å². The fourth-order valence-corrected chi connectivity index (χ4v) is 3.67. The lowest BCUT2D eigenvalue weighted by Crippen LogP contribution is -2.44. The van der Waals surface area contributed by atoms with Crippen molar-refractivity contribution in [3.63, 3.8) is 0 Å². The zero-order valence-electron chi connectivity index (χ0n) is 15.8. The van der Waals surface area contributed by atoms with Gasteiger partial charge in [-0.25, -0.2) is 5.06 Å². The van der Waals surface area contributed by atoms with Crippen LogP contribution in [0.15, 0.2) is 0 Å². The third kappa shape index (κ3) is 8.03. The SMILES string of the molecule is NCCCCCCC(=O)N(OCCN1CCOCC1)C1CCCCC1. The molecule has 1 saturated heterocycles. The largest absolute Gasteiger partial charge is 0.379 e. The second kappa shape index (κ2) is 12.6. The lowest BCUT2D eigenvalue weighted by Gasteiger charge is -2.34. The number of ether oxygens (including phenoxy) is 1. The summed E-state index contributed by atoms with van der Waals surface area (Å²) in [4.78, 5) is 21.1. The summed E-state index contributed by atoms with van der Waals surface area (Å²) in [5, 5.41) is 1.74. The van der Waals surface area contributed by atoms with Crippen LogP contribution in [0.3, 0.4) is 0 Å². The maximum atomic E-state index is 12.7. The lowest BCUT2D eigenvalue weighted by molar-refractivity contribution is -0.205. The molecule has 0 aromatic carbocycles. The third-order valence-electron chi connectivity index (χ3n) is 5.24. The Labute approximate surface area is 152 Å². The molecule has 1 aliphatic heterocycles. The molecule has 2 aliphatic rings. The first-order chi connectivity index (χ1) is 12.3. The van der Waals surface area contributed by atoms with Gasteiger partial charge >= 0.3 is 0 Å². The Bertz CT molecular complexity index is 356. The first kappa shape index (κ1) is 20.6. The average Bonchev–Trinajstić information content (AvgIpc) is 2.66. The first-order valence-electron chi connectivity index (χ1n) is 10.3. The van der Waals surface area contributed by atoms with Crippen molar-refractivity contribution < 1.29 is 14.4 Å². The highest BCUT2D eigenvalue weighted by Crippen LogP contribution is 2.24. The van der Waals surface area contributed by atoms with E-state index in [0.717, 1.165) is 77.9 Å². The van der Waals surface area contributed by atoms with Crippen molar-refractivity contribution in [3.8, 4) is 0 Å². The molecule has 1 saturated carbocycles. The van der Waals surface area contributed by atoms with Gasteiger partial charge in [0.05, 0.1) is 25.9 Å². The number of nitrogens with zero attached hydrogens (tertiary/aromatic N) is 2. The van der Waals surface area contributed by atoms with Crippen molar-refractivity contribution in [3.05, 3.63) is 0 Å². The van der Waals surface area contributed by atoms with Crippen LogP contribution in [0, 0.1) is 0 Å². The molecular formula is C19H37N3O3. The second-order valence-corrected chi connectivity index (χ2v) is 7.25. The van der Waals surface area contributed by atoms with Gasteiger partial charge < -0.3 is 10.5 Å². The fraction of sp³-hybridized carbons (Fsp3) is 0.947. The van der Waals surface area contributed by atoms with Crippen LogP contribution in [0.5, 0.6) is 0 Å². The van der Waals surface area contributed by atoms with Crippen LogP contribution in [0.25, 0.3) is 0 Å².